The molecule has 0 atom stereocenters. The summed E-state index contributed by atoms with van der Waals surface area (Å²) < 4.78 is 22.5. The van der Waals surface area contributed by atoms with Crippen molar-refractivity contribution >= 4 is 22.6 Å². The maximum Gasteiger partial charge on any atom is 0.344 e. The fourth-order valence-electron chi connectivity index (χ4n) is 4.27. The highest BCUT2D eigenvalue weighted by molar-refractivity contribution is 6.31. The molecule has 0 N–H and O–H groups in total. The quantitative estimate of drug-likeness (QED) is 0.340. The maximum atomic E-state index is 13.0. The van der Waals surface area contributed by atoms with E-state index in [1.54, 1.807) is 26.4 Å². The smallest absolute Gasteiger partial charge is 0.344 e. The van der Waals surface area contributed by atoms with Gasteiger partial charge in [-0.3, -0.25) is 4.90 Å². The van der Waals surface area contributed by atoms with Gasteiger partial charge in [0.2, 0.25) is 0 Å². The molecule has 1 aliphatic rings. The largest absolute Gasteiger partial charge is 0.493 e. The maximum absolute atomic E-state index is 13.0. The topological polar surface area (TPSA) is 61.1 Å². The summed E-state index contributed by atoms with van der Waals surface area (Å²) in [5, 5.41) is 1.60. The number of fused-ring (bicyclic) bond motifs is 3. The van der Waals surface area contributed by atoms with E-state index in [0.29, 0.717) is 41.5 Å². The lowest BCUT2D eigenvalue weighted by molar-refractivity contribution is 0.0968. The van der Waals surface area contributed by atoms with Crippen LogP contribution in [0.15, 0.2) is 69.9 Å². The lowest BCUT2D eigenvalue weighted by Gasteiger charge is -2.29. The number of hydrogen-bond donors (Lipinski definition) is 0. The van der Waals surface area contributed by atoms with Crippen LogP contribution < -0.4 is 19.8 Å². The second-order valence-electron chi connectivity index (χ2n) is 8.15. The van der Waals surface area contributed by atoms with E-state index in [1.807, 2.05) is 48.5 Å². The number of nitrogens with zero attached hydrogens (tertiary/aromatic N) is 1. The lowest BCUT2D eigenvalue weighted by Crippen LogP contribution is -2.33. The Morgan fingerprint density at radius 3 is 2.62 bits per heavy atom. The van der Waals surface area contributed by atoms with Crippen molar-refractivity contribution in [2.45, 2.75) is 13.0 Å². The van der Waals surface area contributed by atoms with Crippen LogP contribution in [0.4, 0.5) is 0 Å². The molecule has 4 aromatic rings. The van der Waals surface area contributed by atoms with Gasteiger partial charge in [-0.05, 0) is 53.9 Å². The first-order valence-electron chi connectivity index (χ1n) is 11.0. The Hall–Kier alpha value is -3.48. The van der Waals surface area contributed by atoms with Crippen LogP contribution in [0.5, 0.6) is 17.2 Å². The Balaban J connectivity index is 1.45. The van der Waals surface area contributed by atoms with Gasteiger partial charge in [-0.1, -0.05) is 35.9 Å². The summed E-state index contributed by atoms with van der Waals surface area (Å²) in [6, 6.07) is 18.9. The van der Waals surface area contributed by atoms with E-state index in [0.717, 1.165) is 40.3 Å². The van der Waals surface area contributed by atoms with Crippen molar-refractivity contribution in [2.24, 2.45) is 0 Å². The molecule has 2 heterocycles. The lowest BCUT2D eigenvalue weighted by atomic mass is 10.0. The standard InChI is InChI=1S/C27H24ClNO5/c1-31-24-10-7-18(14-25(24)32-2)20-13-19-8-9-23-21(26(19)34-27(20)30)15-29(16-33-23)12-11-17-5-3-4-6-22(17)28/h3-10,13-14H,11-12,15-16H2,1-2H3. The number of rotatable bonds is 6. The molecule has 0 saturated carbocycles. The van der Waals surface area contributed by atoms with E-state index in [-0.39, 0.29) is 0 Å². The minimum Gasteiger partial charge on any atom is -0.493 e. The molecule has 174 valence electrons. The molecule has 1 aromatic heterocycles. The van der Waals surface area contributed by atoms with Gasteiger partial charge in [0, 0.05) is 23.5 Å². The molecule has 0 aliphatic carbocycles. The highest BCUT2D eigenvalue weighted by atomic mass is 35.5. The highest BCUT2D eigenvalue weighted by Gasteiger charge is 2.22. The first-order chi connectivity index (χ1) is 16.6. The minimum absolute atomic E-state index is 0.415. The molecule has 1 aliphatic heterocycles. The zero-order valence-corrected chi connectivity index (χ0v) is 19.7. The Kier molecular flexibility index (Phi) is 6.18. The van der Waals surface area contributed by atoms with Crippen molar-refractivity contribution in [2.75, 3.05) is 27.5 Å². The van der Waals surface area contributed by atoms with Gasteiger partial charge in [0.05, 0.1) is 25.3 Å². The van der Waals surface area contributed by atoms with Crippen LogP contribution in [0.1, 0.15) is 11.1 Å². The van der Waals surface area contributed by atoms with Gasteiger partial charge < -0.3 is 18.6 Å². The predicted octanol–water partition coefficient (Wildman–Crippen LogP) is 5.53. The van der Waals surface area contributed by atoms with Gasteiger partial charge in [-0.2, -0.15) is 0 Å². The Labute approximate surface area is 202 Å². The third-order valence-corrected chi connectivity index (χ3v) is 6.47. The molecule has 0 radical (unpaired) electrons. The van der Waals surface area contributed by atoms with Crippen molar-refractivity contribution < 1.29 is 18.6 Å². The molecule has 6 nitrogen and oxygen atoms in total. The molecule has 0 fully saturated rings. The van der Waals surface area contributed by atoms with Crippen molar-refractivity contribution in [1.29, 1.82) is 0 Å². The van der Waals surface area contributed by atoms with Crippen molar-refractivity contribution in [3.63, 3.8) is 0 Å². The molecule has 7 heteroatoms. The molecule has 0 bridgehead atoms. The summed E-state index contributed by atoms with van der Waals surface area (Å²) in [5.74, 6) is 1.88. The van der Waals surface area contributed by atoms with Crippen LogP contribution in [-0.2, 0) is 13.0 Å². The van der Waals surface area contributed by atoms with E-state index in [2.05, 4.69) is 4.90 Å². The number of ether oxygens (including phenoxy) is 3. The minimum atomic E-state index is -0.415. The molecule has 34 heavy (non-hydrogen) atoms. The summed E-state index contributed by atoms with van der Waals surface area (Å²) >= 11 is 6.31. The molecule has 5 rings (SSSR count). The van der Waals surface area contributed by atoms with Crippen molar-refractivity contribution in [1.82, 2.24) is 4.90 Å². The second-order valence-corrected chi connectivity index (χ2v) is 8.55. The fourth-order valence-corrected chi connectivity index (χ4v) is 4.50. The van der Waals surface area contributed by atoms with E-state index < -0.39 is 5.63 Å². The van der Waals surface area contributed by atoms with Crippen LogP contribution in [0.25, 0.3) is 22.1 Å². The predicted molar refractivity (Wildman–Crippen MR) is 132 cm³/mol. The molecule has 0 saturated heterocycles. The fraction of sp³-hybridized carbons (Fsp3) is 0.222. The first kappa shape index (κ1) is 22.3. The van der Waals surface area contributed by atoms with E-state index in [9.17, 15) is 4.79 Å². The average molecular weight is 478 g/mol. The van der Waals surface area contributed by atoms with Gasteiger partial charge in [-0.25, -0.2) is 4.79 Å². The van der Waals surface area contributed by atoms with E-state index in [1.165, 1.54) is 0 Å². The Bertz CT molecular complexity index is 1410. The van der Waals surface area contributed by atoms with Gasteiger partial charge in [0.15, 0.2) is 11.5 Å². The van der Waals surface area contributed by atoms with Crippen LogP contribution in [0.2, 0.25) is 5.02 Å². The summed E-state index contributed by atoms with van der Waals surface area (Å²) in [4.78, 5) is 15.2. The van der Waals surface area contributed by atoms with Gasteiger partial charge in [0.1, 0.15) is 18.1 Å². The van der Waals surface area contributed by atoms with E-state index in [4.69, 9.17) is 30.2 Å². The summed E-state index contributed by atoms with van der Waals surface area (Å²) in [6.45, 7) is 1.86. The molecule has 0 unspecified atom stereocenters. The normalized spacial score (nSPS) is 13.4. The Morgan fingerprint density at radius 1 is 1.00 bits per heavy atom. The molecule has 0 spiro atoms. The van der Waals surface area contributed by atoms with Crippen molar-refractivity contribution in [3.8, 4) is 28.4 Å². The number of benzene rings is 3. The van der Waals surface area contributed by atoms with Gasteiger partial charge in [0.25, 0.3) is 0 Å². The number of halogens is 1. The third kappa shape index (κ3) is 4.22. The summed E-state index contributed by atoms with van der Waals surface area (Å²) in [7, 11) is 3.14. The molecule has 3 aromatic carbocycles. The summed E-state index contributed by atoms with van der Waals surface area (Å²) in [5.41, 5.74) is 3.26. The van der Waals surface area contributed by atoms with Crippen LogP contribution in [0, 0.1) is 0 Å². The zero-order chi connectivity index (χ0) is 23.7. The zero-order valence-electron chi connectivity index (χ0n) is 19.0. The highest BCUT2D eigenvalue weighted by Crippen LogP contribution is 2.35. The van der Waals surface area contributed by atoms with Crippen LogP contribution >= 0.6 is 11.6 Å². The summed E-state index contributed by atoms with van der Waals surface area (Å²) in [6.07, 6.45) is 0.802. The average Bonchev–Trinajstić information content (AvgIpc) is 2.87. The molecule has 0 amide bonds. The second kappa shape index (κ2) is 9.41. The van der Waals surface area contributed by atoms with Crippen LogP contribution in [-0.4, -0.2) is 32.4 Å². The first-order valence-corrected chi connectivity index (χ1v) is 11.4. The van der Waals surface area contributed by atoms with Gasteiger partial charge >= 0.3 is 5.63 Å². The number of hydrogen-bond acceptors (Lipinski definition) is 6. The SMILES string of the molecule is COc1ccc(-c2cc3ccc4c(c3oc2=O)CN(CCc2ccccc2Cl)CO4)cc1OC. The van der Waals surface area contributed by atoms with Gasteiger partial charge in [-0.15, -0.1) is 0 Å². The van der Waals surface area contributed by atoms with Crippen LogP contribution in [0.3, 0.4) is 0 Å². The third-order valence-electron chi connectivity index (χ3n) is 6.10. The molecular formula is C27H24ClNO5. The van der Waals surface area contributed by atoms with E-state index >= 15 is 0 Å². The Morgan fingerprint density at radius 2 is 1.82 bits per heavy atom. The molecular weight excluding hydrogens is 454 g/mol. The monoisotopic (exact) mass is 477 g/mol. The number of methoxy groups -OCH3 is 2. The van der Waals surface area contributed by atoms with Crippen molar-refractivity contribution in [3.05, 3.63) is 87.2 Å².